The van der Waals surface area contributed by atoms with Crippen LogP contribution in [0, 0.1) is 28.6 Å². The van der Waals surface area contributed by atoms with Crippen molar-refractivity contribution in [1.82, 2.24) is 5.32 Å². The van der Waals surface area contributed by atoms with E-state index in [2.05, 4.69) is 5.32 Å². The molecule has 0 fully saturated rings. The van der Waals surface area contributed by atoms with E-state index in [0.717, 1.165) is 0 Å². The highest BCUT2D eigenvalue weighted by atomic mass is 16.5. The summed E-state index contributed by atoms with van der Waals surface area (Å²) in [5, 5.41) is 20.8. The van der Waals surface area contributed by atoms with Crippen LogP contribution in [0.25, 0.3) is 6.08 Å². The number of hydrogen-bond donors (Lipinski definition) is 1. The minimum absolute atomic E-state index is 0.128. The zero-order valence-electron chi connectivity index (χ0n) is 15.2. The standard InChI is InChI=1S/C19H21N3O4/c1-13(2)19(3,12-21)22-17(23)11-26-18(24)15(10-20)9-14-5-7-16(25-4)8-6-14/h5-9,13H,11H2,1-4H3,(H,22,23)/b15-9+/t19-/m1/s1. The van der Waals surface area contributed by atoms with E-state index in [1.165, 1.54) is 13.2 Å². The molecule has 7 heteroatoms. The third kappa shape index (κ3) is 5.64. The molecule has 0 aliphatic rings. The fraction of sp³-hybridized carbons (Fsp3) is 0.368. The Morgan fingerprint density at radius 3 is 2.35 bits per heavy atom. The Labute approximate surface area is 152 Å². The normalized spacial score (nSPS) is 13.1. The first kappa shape index (κ1) is 20.7. The Bertz CT molecular complexity index is 769. The Balaban J connectivity index is 2.73. The van der Waals surface area contributed by atoms with E-state index in [4.69, 9.17) is 14.7 Å². The summed E-state index contributed by atoms with van der Waals surface area (Å²) in [5.74, 6) is -1.01. The first-order valence-electron chi connectivity index (χ1n) is 7.91. The molecule has 1 atom stereocenters. The number of nitrogens with zero attached hydrogens (tertiary/aromatic N) is 2. The lowest BCUT2D eigenvalue weighted by molar-refractivity contribution is -0.144. The van der Waals surface area contributed by atoms with Crippen LogP contribution in [-0.4, -0.2) is 31.1 Å². The summed E-state index contributed by atoms with van der Waals surface area (Å²) in [6.07, 6.45) is 1.35. The summed E-state index contributed by atoms with van der Waals surface area (Å²) in [6.45, 7) is 4.59. The zero-order valence-corrected chi connectivity index (χ0v) is 15.2. The van der Waals surface area contributed by atoms with Crippen molar-refractivity contribution in [3.8, 4) is 17.9 Å². The molecule has 1 aromatic carbocycles. The second-order valence-corrected chi connectivity index (χ2v) is 6.04. The summed E-state index contributed by atoms with van der Waals surface area (Å²) in [5.41, 5.74) is -0.698. The number of carbonyl (C=O) groups excluding carboxylic acids is 2. The van der Waals surface area contributed by atoms with E-state index in [1.807, 2.05) is 6.07 Å². The summed E-state index contributed by atoms with van der Waals surface area (Å²) in [6, 6.07) is 10.5. The molecule has 0 unspecified atom stereocenters. The number of benzene rings is 1. The molecule has 26 heavy (non-hydrogen) atoms. The average molecular weight is 355 g/mol. The van der Waals surface area contributed by atoms with Gasteiger partial charge in [-0.05, 0) is 36.6 Å². The van der Waals surface area contributed by atoms with Crippen LogP contribution in [0.5, 0.6) is 5.75 Å². The molecule has 1 rings (SSSR count). The number of amides is 1. The third-order valence-corrected chi connectivity index (χ3v) is 3.89. The van der Waals surface area contributed by atoms with Crippen molar-refractivity contribution in [2.24, 2.45) is 5.92 Å². The summed E-state index contributed by atoms with van der Waals surface area (Å²) >= 11 is 0. The quantitative estimate of drug-likeness (QED) is 0.456. The molecule has 0 aliphatic heterocycles. The van der Waals surface area contributed by atoms with Crippen LogP contribution in [0.3, 0.4) is 0 Å². The van der Waals surface area contributed by atoms with Gasteiger partial charge in [0.2, 0.25) is 0 Å². The van der Waals surface area contributed by atoms with Gasteiger partial charge in [0.15, 0.2) is 6.61 Å². The number of methoxy groups -OCH3 is 1. The number of esters is 1. The predicted octanol–water partition coefficient (Wildman–Crippen LogP) is 2.20. The maximum atomic E-state index is 12.0. The van der Waals surface area contributed by atoms with Crippen LogP contribution in [0.1, 0.15) is 26.3 Å². The largest absolute Gasteiger partial charge is 0.497 e. The van der Waals surface area contributed by atoms with Crippen molar-refractivity contribution in [1.29, 1.82) is 10.5 Å². The molecule has 7 nitrogen and oxygen atoms in total. The minimum Gasteiger partial charge on any atom is -0.497 e. The number of hydrogen-bond acceptors (Lipinski definition) is 6. The first-order valence-corrected chi connectivity index (χ1v) is 7.91. The zero-order chi connectivity index (χ0) is 19.7. The highest BCUT2D eigenvalue weighted by Gasteiger charge is 2.30. The Morgan fingerprint density at radius 2 is 1.88 bits per heavy atom. The van der Waals surface area contributed by atoms with Gasteiger partial charge in [0.25, 0.3) is 5.91 Å². The van der Waals surface area contributed by atoms with Gasteiger partial charge in [-0.2, -0.15) is 10.5 Å². The van der Waals surface area contributed by atoms with Crippen molar-refractivity contribution in [2.45, 2.75) is 26.3 Å². The maximum absolute atomic E-state index is 12.0. The van der Waals surface area contributed by atoms with Crippen molar-refractivity contribution in [3.05, 3.63) is 35.4 Å². The lowest BCUT2D eigenvalue weighted by Crippen LogP contribution is -2.50. The van der Waals surface area contributed by atoms with Crippen LogP contribution < -0.4 is 10.1 Å². The molecule has 0 spiro atoms. The fourth-order valence-electron chi connectivity index (χ4n) is 1.84. The Kier molecular flexibility index (Phi) is 7.36. The van der Waals surface area contributed by atoms with Crippen LogP contribution in [0.15, 0.2) is 29.8 Å². The fourth-order valence-corrected chi connectivity index (χ4v) is 1.84. The molecule has 0 bridgehead atoms. The Hall–Kier alpha value is -3.32. The number of carbonyl (C=O) groups is 2. The average Bonchev–Trinajstić information content (AvgIpc) is 2.64. The van der Waals surface area contributed by atoms with Crippen molar-refractivity contribution in [3.63, 3.8) is 0 Å². The molecule has 0 saturated carbocycles. The van der Waals surface area contributed by atoms with E-state index >= 15 is 0 Å². The lowest BCUT2D eigenvalue weighted by Gasteiger charge is -2.27. The molecule has 0 aliphatic carbocycles. The van der Waals surface area contributed by atoms with Gasteiger partial charge >= 0.3 is 5.97 Å². The number of nitriles is 2. The predicted molar refractivity (Wildman–Crippen MR) is 94.5 cm³/mol. The van der Waals surface area contributed by atoms with E-state index in [9.17, 15) is 14.9 Å². The molecule has 0 saturated heterocycles. The van der Waals surface area contributed by atoms with Crippen LogP contribution in [0.2, 0.25) is 0 Å². The van der Waals surface area contributed by atoms with Crippen LogP contribution in [0.4, 0.5) is 0 Å². The second kappa shape index (κ2) is 9.24. The van der Waals surface area contributed by atoms with E-state index in [1.54, 1.807) is 51.1 Å². The van der Waals surface area contributed by atoms with Gasteiger partial charge in [-0.3, -0.25) is 4.79 Å². The molecule has 1 amide bonds. The van der Waals surface area contributed by atoms with Gasteiger partial charge in [-0.15, -0.1) is 0 Å². The summed E-state index contributed by atoms with van der Waals surface area (Å²) in [7, 11) is 1.53. The number of nitrogens with one attached hydrogen (secondary N) is 1. The topological polar surface area (TPSA) is 112 Å². The van der Waals surface area contributed by atoms with Crippen LogP contribution >= 0.6 is 0 Å². The molecule has 1 N–H and O–H groups in total. The van der Waals surface area contributed by atoms with Crippen molar-refractivity contribution in [2.75, 3.05) is 13.7 Å². The van der Waals surface area contributed by atoms with Crippen molar-refractivity contribution < 1.29 is 19.1 Å². The molecule has 1 aromatic rings. The molecular weight excluding hydrogens is 334 g/mol. The molecule has 136 valence electrons. The summed E-state index contributed by atoms with van der Waals surface area (Å²) < 4.78 is 9.90. The highest BCUT2D eigenvalue weighted by Crippen LogP contribution is 2.16. The monoisotopic (exact) mass is 355 g/mol. The van der Waals surface area contributed by atoms with Crippen LogP contribution in [-0.2, 0) is 14.3 Å². The van der Waals surface area contributed by atoms with E-state index in [0.29, 0.717) is 11.3 Å². The van der Waals surface area contributed by atoms with Crippen molar-refractivity contribution >= 4 is 18.0 Å². The molecule has 0 heterocycles. The highest BCUT2D eigenvalue weighted by molar-refractivity contribution is 5.98. The molecule has 0 radical (unpaired) electrons. The van der Waals surface area contributed by atoms with E-state index in [-0.39, 0.29) is 11.5 Å². The first-order chi connectivity index (χ1) is 12.3. The van der Waals surface area contributed by atoms with Gasteiger partial charge in [-0.1, -0.05) is 26.0 Å². The lowest BCUT2D eigenvalue weighted by atomic mass is 9.90. The van der Waals surface area contributed by atoms with Gasteiger partial charge < -0.3 is 14.8 Å². The Morgan fingerprint density at radius 1 is 1.27 bits per heavy atom. The van der Waals surface area contributed by atoms with Gasteiger partial charge in [0.05, 0.1) is 13.2 Å². The third-order valence-electron chi connectivity index (χ3n) is 3.89. The number of ether oxygens (including phenoxy) is 2. The smallest absolute Gasteiger partial charge is 0.349 e. The van der Waals surface area contributed by atoms with E-state index < -0.39 is 24.0 Å². The number of rotatable bonds is 7. The van der Waals surface area contributed by atoms with Gasteiger partial charge in [-0.25, -0.2) is 4.79 Å². The SMILES string of the molecule is COc1ccc(/C=C(\C#N)C(=O)OCC(=O)N[C@](C)(C#N)C(C)C)cc1. The summed E-state index contributed by atoms with van der Waals surface area (Å²) in [4.78, 5) is 23.9. The van der Waals surface area contributed by atoms with Gasteiger partial charge in [0, 0.05) is 0 Å². The molecule has 0 aromatic heterocycles. The molecular formula is C19H21N3O4. The minimum atomic E-state index is -1.07. The maximum Gasteiger partial charge on any atom is 0.349 e. The second-order valence-electron chi connectivity index (χ2n) is 6.04. The van der Waals surface area contributed by atoms with Gasteiger partial charge in [0.1, 0.15) is 22.9 Å².